The van der Waals surface area contributed by atoms with Crippen LogP contribution < -0.4 is 10.1 Å². The standard InChI is InChI=1S/C18H21F3N2O3S/c1-4-7-25-16-6-5-13(18(19,20)21)8-15(16)22-17(24)10-27-9-14-11(2)23-26-12(14)3/h5-6,8H,4,7,9-10H2,1-3H3,(H,22,24). The fourth-order valence-corrected chi connectivity index (χ4v) is 3.26. The van der Waals surface area contributed by atoms with Crippen molar-refractivity contribution < 1.29 is 27.2 Å². The number of hydrogen-bond donors (Lipinski definition) is 1. The summed E-state index contributed by atoms with van der Waals surface area (Å²) >= 11 is 1.33. The summed E-state index contributed by atoms with van der Waals surface area (Å²) < 4.78 is 49.4. The number of hydrogen-bond acceptors (Lipinski definition) is 5. The van der Waals surface area contributed by atoms with E-state index in [9.17, 15) is 18.0 Å². The fourth-order valence-electron chi connectivity index (χ4n) is 2.28. The summed E-state index contributed by atoms with van der Waals surface area (Å²) in [6.07, 6.45) is -3.80. The summed E-state index contributed by atoms with van der Waals surface area (Å²) in [5, 5.41) is 6.36. The van der Waals surface area contributed by atoms with Crippen molar-refractivity contribution in [1.29, 1.82) is 0 Å². The van der Waals surface area contributed by atoms with Gasteiger partial charge in [0.05, 0.1) is 29.3 Å². The van der Waals surface area contributed by atoms with Crippen LogP contribution in [0.25, 0.3) is 0 Å². The van der Waals surface area contributed by atoms with Crippen molar-refractivity contribution in [2.24, 2.45) is 0 Å². The summed E-state index contributed by atoms with van der Waals surface area (Å²) in [6.45, 7) is 5.82. The number of carbonyl (C=O) groups excluding carboxylic acids is 1. The molecule has 5 nitrogen and oxygen atoms in total. The first kappa shape index (κ1) is 21.1. The lowest BCUT2D eigenvalue weighted by molar-refractivity contribution is -0.137. The molecular formula is C18H21F3N2O3S. The zero-order valence-corrected chi connectivity index (χ0v) is 16.1. The number of benzene rings is 1. The van der Waals surface area contributed by atoms with E-state index in [1.165, 1.54) is 17.8 Å². The largest absolute Gasteiger partial charge is 0.491 e. The molecule has 0 unspecified atom stereocenters. The highest BCUT2D eigenvalue weighted by atomic mass is 32.2. The Morgan fingerprint density at radius 3 is 2.67 bits per heavy atom. The van der Waals surface area contributed by atoms with Crippen molar-refractivity contribution in [3.8, 4) is 5.75 Å². The minimum atomic E-state index is -4.50. The normalized spacial score (nSPS) is 11.5. The Morgan fingerprint density at radius 1 is 1.33 bits per heavy atom. The summed E-state index contributed by atoms with van der Waals surface area (Å²) in [7, 11) is 0. The van der Waals surface area contributed by atoms with Gasteiger partial charge < -0.3 is 14.6 Å². The van der Waals surface area contributed by atoms with Crippen molar-refractivity contribution in [2.45, 2.75) is 39.1 Å². The number of nitrogens with one attached hydrogen (secondary N) is 1. The van der Waals surface area contributed by atoms with Crippen LogP contribution in [-0.2, 0) is 16.7 Å². The minimum Gasteiger partial charge on any atom is -0.491 e. The highest BCUT2D eigenvalue weighted by Gasteiger charge is 2.31. The molecule has 0 fully saturated rings. The number of anilines is 1. The summed E-state index contributed by atoms with van der Waals surface area (Å²) in [5.41, 5.74) is 0.846. The predicted octanol–water partition coefficient (Wildman–Crippen LogP) is 4.97. The zero-order valence-electron chi connectivity index (χ0n) is 15.3. The average molecular weight is 402 g/mol. The van der Waals surface area contributed by atoms with Crippen molar-refractivity contribution >= 4 is 23.4 Å². The molecule has 0 atom stereocenters. The smallest absolute Gasteiger partial charge is 0.416 e. The van der Waals surface area contributed by atoms with E-state index in [1.54, 1.807) is 6.92 Å². The lowest BCUT2D eigenvalue weighted by atomic mass is 10.1. The number of aromatic nitrogens is 1. The van der Waals surface area contributed by atoms with Gasteiger partial charge in [-0.2, -0.15) is 13.2 Å². The number of halogens is 3. The van der Waals surface area contributed by atoms with Crippen LogP contribution >= 0.6 is 11.8 Å². The van der Waals surface area contributed by atoms with Crippen LogP contribution in [0, 0.1) is 13.8 Å². The van der Waals surface area contributed by atoms with E-state index in [0.29, 0.717) is 24.5 Å². The van der Waals surface area contributed by atoms with E-state index < -0.39 is 17.6 Å². The Morgan fingerprint density at radius 2 is 2.07 bits per heavy atom. The van der Waals surface area contributed by atoms with Gasteiger partial charge in [0.15, 0.2) is 0 Å². The molecular weight excluding hydrogens is 381 g/mol. The third-order valence-corrected chi connectivity index (χ3v) is 4.66. The maximum absolute atomic E-state index is 13.0. The van der Waals surface area contributed by atoms with E-state index in [1.807, 2.05) is 13.8 Å². The van der Waals surface area contributed by atoms with Crippen LogP contribution in [-0.4, -0.2) is 23.4 Å². The Labute approximate surface area is 159 Å². The van der Waals surface area contributed by atoms with Crippen LogP contribution in [0.1, 0.15) is 35.9 Å². The van der Waals surface area contributed by atoms with Gasteiger partial charge in [-0.1, -0.05) is 12.1 Å². The van der Waals surface area contributed by atoms with Gasteiger partial charge in [0, 0.05) is 11.3 Å². The summed E-state index contributed by atoms with van der Waals surface area (Å²) in [6, 6.07) is 3.06. The second-order valence-electron chi connectivity index (χ2n) is 5.90. The van der Waals surface area contributed by atoms with E-state index in [0.717, 1.165) is 23.4 Å². The topological polar surface area (TPSA) is 64.4 Å². The quantitative estimate of drug-likeness (QED) is 0.675. The van der Waals surface area contributed by atoms with Gasteiger partial charge in [0.2, 0.25) is 5.91 Å². The number of carbonyl (C=O) groups is 1. The summed E-state index contributed by atoms with van der Waals surface area (Å²) in [4.78, 5) is 12.2. The minimum absolute atomic E-state index is 0.0150. The van der Waals surface area contributed by atoms with Crippen LogP contribution in [0.4, 0.5) is 18.9 Å². The van der Waals surface area contributed by atoms with Crippen LogP contribution in [0.5, 0.6) is 5.75 Å². The zero-order chi connectivity index (χ0) is 20.0. The first-order valence-electron chi connectivity index (χ1n) is 8.35. The number of alkyl halides is 3. The molecule has 9 heteroatoms. The molecule has 0 aliphatic rings. The molecule has 1 aromatic carbocycles. The molecule has 2 rings (SSSR count). The first-order valence-corrected chi connectivity index (χ1v) is 9.51. The lowest BCUT2D eigenvalue weighted by Gasteiger charge is -2.15. The second kappa shape index (κ2) is 9.16. The molecule has 0 radical (unpaired) electrons. The molecule has 27 heavy (non-hydrogen) atoms. The summed E-state index contributed by atoms with van der Waals surface area (Å²) in [5.74, 6) is 1.10. The Hall–Kier alpha value is -2.16. The monoisotopic (exact) mass is 402 g/mol. The molecule has 0 spiro atoms. The van der Waals surface area contributed by atoms with Gasteiger partial charge >= 0.3 is 6.18 Å². The molecule has 1 heterocycles. The van der Waals surface area contributed by atoms with E-state index in [2.05, 4.69) is 10.5 Å². The van der Waals surface area contributed by atoms with Gasteiger partial charge in [-0.25, -0.2) is 0 Å². The van der Waals surface area contributed by atoms with E-state index >= 15 is 0 Å². The number of thioether (sulfide) groups is 1. The highest BCUT2D eigenvalue weighted by molar-refractivity contribution is 7.99. The molecule has 0 saturated heterocycles. The van der Waals surface area contributed by atoms with Crippen LogP contribution in [0.15, 0.2) is 22.7 Å². The molecule has 2 aromatic rings. The first-order chi connectivity index (χ1) is 12.7. The van der Waals surface area contributed by atoms with Crippen LogP contribution in [0.2, 0.25) is 0 Å². The average Bonchev–Trinajstić information content (AvgIpc) is 2.91. The van der Waals surface area contributed by atoms with Gasteiger partial charge in [-0.3, -0.25) is 4.79 Å². The Balaban J connectivity index is 2.03. The van der Waals surface area contributed by atoms with Crippen molar-refractivity contribution in [1.82, 2.24) is 5.16 Å². The van der Waals surface area contributed by atoms with Crippen molar-refractivity contribution in [3.63, 3.8) is 0 Å². The number of ether oxygens (including phenoxy) is 1. The van der Waals surface area contributed by atoms with Crippen LogP contribution in [0.3, 0.4) is 0 Å². The van der Waals surface area contributed by atoms with Gasteiger partial charge in [0.1, 0.15) is 11.5 Å². The van der Waals surface area contributed by atoms with Gasteiger partial charge in [-0.05, 0) is 38.5 Å². The number of nitrogens with zero attached hydrogens (tertiary/aromatic N) is 1. The van der Waals surface area contributed by atoms with Crippen molar-refractivity contribution in [2.75, 3.05) is 17.7 Å². The van der Waals surface area contributed by atoms with E-state index in [-0.39, 0.29) is 17.2 Å². The third kappa shape index (κ3) is 5.92. The SMILES string of the molecule is CCCOc1ccc(C(F)(F)F)cc1NC(=O)CSCc1c(C)noc1C. The molecule has 0 aliphatic carbocycles. The third-order valence-electron chi connectivity index (χ3n) is 3.70. The maximum atomic E-state index is 13.0. The fraction of sp³-hybridized carbons (Fsp3) is 0.444. The molecule has 1 N–H and O–H groups in total. The number of rotatable bonds is 8. The Kier molecular flexibility index (Phi) is 7.18. The molecule has 1 amide bonds. The number of amides is 1. The molecule has 0 saturated carbocycles. The Bertz CT molecular complexity index is 771. The number of aryl methyl sites for hydroxylation is 2. The lowest BCUT2D eigenvalue weighted by Crippen LogP contribution is -2.16. The predicted molar refractivity (Wildman–Crippen MR) is 98.0 cm³/mol. The highest BCUT2D eigenvalue weighted by Crippen LogP contribution is 2.35. The molecule has 0 bridgehead atoms. The second-order valence-corrected chi connectivity index (χ2v) is 6.89. The molecule has 1 aromatic heterocycles. The van der Waals surface area contributed by atoms with E-state index in [4.69, 9.17) is 9.26 Å². The molecule has 0 aliphatic heterocycles. The van der Waals surface area contributed by atoms with Crippen molar-refractivity contribution in [3.05, 3.63) is 40.8 Å². The van der Waals surface area contributed by atoms with Gasteiger partial charge in [0.25, 0.3) is 0 Å². The molecule has 148 valence electrons. The maximum Gasteiger partial charge on any atom is 0.416 e. The van der Waals surface area contributed by atoms with Gasteiger partial charge in [-0.15, -0.1) is 11.8 Å².